The molecule has 0 aliphatic carbocycles. The third-order valence-electron chi connectivity index (χ3n) is 3.20. The van der Waals surface area contributed by atoms with E-state index in [1.54, 1.807) is 0 Å². The summed E-state index contributed by atoms with van der Waals surface area (Å²) in [5.74, 6) is -3.12. The van der Waals surface area contributed by atoms with Gasteiger partial charge >= 0.3 is 11.9 Å². The molecule has 1 aliphatic heterocycles. The van der Waals surface area contributed by atoms with Crippen molar-refractivity contribution in [3.05, 3.63) is 23.8 Å². The van der Waals surface area contributed by atoms with Gasteiger partial charge in [0, 0.05) is 13.0 Å². The molecule has 20 heavy (non-hydrogen) atoms. The monoisotopic (exact) mass is 279 g/mol. The molecule has 1 saturated heterocycles. The van der Waals surface area contributed by atoms with Crippen LogP contribution in [-0.4, -0.2) is 41.7 Å². The van der Waals surface area contributed by atoms with Gasteiger partial charge in [0.1, 0.15) is 5.75 Å². The smallest absolute Gasteiger partial charge is 0.337 e. The van der Waals surface area contributed by atoms with Crippen molar-refractivity contribution in [2.45, 2.75) is 6.42 Å². The minimum absolute atomic E-state index is 0.0270. The van der Waals surface area contributed by atoms with E-state index in [4.69, 9.17) is 9.84 Å². The quantitative estimate of drug-likeness (QED) is 0.846. The number of rotatable bonds is 4. The van der Waals surface area contributed by atoms with Crippen LogP contribution in [0.1, 0.15) is 16.8 Å². The molecule has 1 aliphatic rings. The van der Waals surface area contributed by atoms with Gasteiger partial charge in [0.05, 0.1) is 24.3 Å². The average molecular weight is 279 g/mol. The number of carboxylic acids is 2. The zero-order chi connectivity index (χ0) is 14.9. The Balaban J connectivity index is 2.40. The molecule has 7 nitrogen and oxygen atoms in total. The number of benzene rings is 1. The van der Waals surface area contributed by atoms with E-state index in [0.717, 1.165) is 0 Å². The van der Waals surface area contributed by atoms with Gasteiger partial charge in [0.15, 0.2) is 0 Å². The average Bonchev–Trinajstić information content (AvgIpc) is 2.80. The van der Waals surface area contributed by atoms with E-state index in [9.17, 15) is 19.5 Å². The molecule has 0 bridgehead atoms. The van der Waals surface area contributed by atoms with Gasteiger partial charge in [0.25, 0.3) is 0 Å². The van der Waals surface area contributed by atoms with Crippen molar-refractivity contribution in [2.24, 2.45) is 5.92 Å². The molecule has 1 heterocycles. The zero-order valence-corrected chi connectivity index (χ0v) is 10.7. The number of hydrogen-bond acceptors (Lipinski definition) is 4. The van der Waals surface area contributed by atoms with E-state index in [2.05, 4.69) is 0 Å². The van der Waals surface area contributed by atoms with Crippen LogP contribution in [0.2, 0.25) is 0 Å². The molecule has 1 aromatic carbocycles. The number of methoxy groups -OCH3 is 1. The summed E-state index contributed by atoms with van der Waals surface area (Å²) in [6.07, 6.45) is -0.125. The Morgan fingerprint density at radius 2 is 2.05 bits per heavy atom. The Bertz CT molecular complexity index is 582. The molecule has 1 unspecified atom stereocenters. The van der Waals surface area contributed by atoms with Gasteiger partial charge < -0.3 is 19.8 Å². The lowest BCUT2D eigenvalue weighted by atomic mass is 10.1. The maximum Gasteiger partial charge on any atom is 0.337 e. The van der Waals surface area contributed by atoms with E-state index in [1.807, 2.05) is 0 Å². The molecule has 2 rings (SSSR count). The second-order valence-electron chi connectivity index (χ2n) is 4.43. The van der Waals surface area contributed by atoms with E-state index in [0.29, 0.717) is 5.75 Å². The highest BCUT2D eigenvalue weighted by atomic mass is 16.5. The molecule has 2 N–H and O–H groups in total. The van der Waals surface area contributed by atoms with Gasteiger partial charge in [0.2, 0.25) is 5.91 Å². The molecule has 1 amide bonds. The molecule has 0 radical (unpaired) electrons. The highest BCUT2D eigenvalue weighted by Crippen LogP contribution is 2.30. The Morgan fingerprint density at radius 1 is 1.35 bits per heavy atom. The number of carbonyl (C=O) groups excluding carboxylic acids is 1. The van der Waals surface area contributed by atoms with E-state index >= 15 is 0 Å². The summed E-state index contributed by atoms with van der Waals surface area (Å²) in [6, 6.07) is 4.28. The largest absolute Gasteiger partial charge is 0.497 e. The second-order valence-corrected chi connectivity index (χ2v) is 4.43. The fraction of sp³-hybridized carbons (Fsp3) is 0.308. The molecule has 0 saturated carbocycles. The molecular formula is C13H13NO6. The summed E-state index contributed by atoms with van der Waals surface area (Å²) in [5.41, 5.74) is 0.0933. The van der Waals surface area contributed by atoms with Crippen LogP contribution < -0.4 is 9.64 Å². The SMILES string of the molecule is COc1ccc(N2CC(C(=O)O)CC2=O)c(C(=O)O)c1. The number of nitrogens with zero attached hydrogens (tertiary/aromatic N) is 1. The Kier molecular flexibility index (Phi) is 3.60. The summed E-state index contributed by atoms with van der Waals surface area (Å²) in [5, 5.41) is 18.1. The van der Waals surface area contributed by atoms with Crippen LogP contribution >= 0.6 is 0 Å². The van der Waals surface area contributed by atoms with Crippen molar-refractivity contribution < 1.29 is 29.3 Å². The molecule has 0 aromatic heterocycles. The lowest BCUT2D eigenvalue weighted by molar-refractivity contribution is -0.141. The normalized spacial score (nSPS) is 18.1. The number of anilines is 1. The third kappa shape index (κ3) is 2.42. The van der Waals surface area contributed by atoms with Crippen LogP contribution in [0, 0.1) is 5.92 Å². The fourth-order valence-corrected chi connectivity index (χ4v) is 2.15. The number of hydrogen-bond donors (Lipinski definition) is 2. The Morgan fingerprint density at radius 3 is 2.55 bits per heavy atom. The predicted octanol–water partition coefficient (Wildman–Crippen LogP) is 0.831. The first-order valence-electron chi connectivity index (χ1n) is 5.88. The number of carboxylic acid groups (broad SMARTS) is 2. The van der Waals surface area contributed by atoms with Crippen molar-refractivity contribution in [3.63, 3.8) is 0 Å². The maximum atomic E-state index is 11.9. The first kappa shape index (κ1) is 13.9. The second kappa shape index (κ2) is 5.20. The highest BCUT2D eigenvalue weighted by Gasteiger charge is 2.36. The van der Waals surface area contributed by atoms with Gasteiger partial charge in [-0.1, -0.05) is 0 Å². The summed E-state index contributed by atoms with van der Waals surface area (Å²) >= 11 is 0. The number of aromatic carboxylic acids is 1. The summed E-state index contributed by atoms with van der Waals surface area (Å²) < 4.78 is 4.95. The van der Waals surface area contributed by atoms with Crippen molar-refractivity contribution in [3.8, 4) is 5.75 Å². The fourth-order valence-electron chi connectivity index (χ4n) is 2.15. The van der Waals surface area contributed by atoms with Crippen LogP contribution in [0.3, 0.4) is 0 Å². The lowest BCUT2D eigenvalue weighted by Crippen LogP contribution is -2.27. The number of ether oxygens (including phenoxy) is 1. The number of amides is 1. The number of carbonyl (C=O) groups is 3. The van der Waals surface area contributed by atoms with Crippen molar-refractivity contribution in [2.75, 3.05) is 18.6 Å². The Labute approximate surface area is 114 Å². The van der Waals surface area contributed by atoms with Crippen LogP contribution in [0.15, 0.2) is 18.2 Å². The van der Waals surface area contributed by atoms with Crippen LogP contribution in [0.5, 0.6) is 5.75 Å². The molecule has 1 aromatic rings. The highest BCUT2D eigenvalue weighted by molar-refractivity contribution is 6.05. The third-order valence-corrected chi connectivity index (χ3v) is 3.20. The first-order chi connectivity index (χ1) is 9.43. The Hall–Kier alpha value is -2.57. The summed E-state index contributed by atoms with van der Waals surface area (Å²) in [4.78, 5) is 35.2. The van der Waals surface area contributed by atoms with Crippen LogP contribution in [0.25, 0.3) is 0 Å². The topological polar surface area (TPSA) is 104 Å². The van der Waals surface area contributed by atoms with Gasteiger partial charge in [-0.15, -0.1) is 0 Å². The maximum absolute atomic E-state index is 11.9. The van der Waals surface area contributed by atoms with Crippen LogP contribution in [0.4, 0.5) is 5.69 Å². The van der Waals surface area contributed by atoms with Gasteiger partial charge in [-0.05, 0) is 18.2 Å². The molecule has 1 fully saturated rings. The van der Waals surface area contributed by atoms with Crippen LogP contribution in [-0.2, 0) is 9.59 Å². The minimum atomic E-state index is -1.20. The van der Waals surface area contributed by atoms with Gasteiger partial charge in [-0.25, -0.2) is 4.79 Å². The molecule has 0 spiro atoms. The summed E-state index contributed by atoms with van der Waals surface area (Å²) in [7, 11) is 1.40. The minimum Gasteiger partial charge on any atom is -0.497 e. The van der Waals surface area contributed by atoms with E-state index in [1.165, 1.54) is 30.2 Å². The first-order valence-corrected chi connectivity index (χ1v) is 5.88. The van der Waals surface area contributed by atoms with E-state index in [-0.39, 0.29) is 24.2 Å². The lowest BCUT2D eigenvalue weighted by Gasteiger charge is -2.19. The number of aliphatic carboxylic acids is 1. The molecule has 1 atom stereocenters. The van der Waals surface area contributed by atoms with Crippen molar-refractivity contribution in [1.82, 2.24) is 0 Å². The predicted molar refractivity (Wildman–Crippen MR) is 68.0 cm³/mol. The van der Waals surface area contributed by atoms with E-state index < -0.39 is 23.8 Å². The van der Waals surface area contributed by atoms with Crippen molar-refractivity contribution >= 4 is 23.5 Å². The van der Waals surface area contributed by atoms with Gasteiger partial charge in [-0.2, -0.15) is 0 Å². The molecule has 106 valence electrons. The van der Waals surface area contributed by atoms with Gasteiger partial charge in [-0.3, -0.25) is 9.59 Å². The molecular weight excluding hydrogens is 266 g/mol. The standard InChI is InChI=1S/C13H13NO6/c1-20-8-2-3-10(9(5-8)13(18)19)14-6-7(12(16)17)4-11(14)15/h2-3,5,7H,4,6H2,1H3,(H,16,17)(H,18,19). The summed E-state index contributed by atoms with van der Waals surface area (Å²) in [6.45, 7) is -0.0270. The molecule has 7 heteroatoms. The zero-order valence-electron chi connectivity index (χ0n) is 10.7. The van der Waals surface area contributed by atoms with Crippen molar-refractivity contribution in [1.29, 1.82) is 0 Å².